The van der Waals surface area contributed by atoms with Gasteiger partial charge in [-0.25, -0.2) is 4.39 Å². The maximum atomic E-state index is 14.6. The van der Waals surface area contributed by atoms with E-state index in [2.05, 4.69) is 26.1 Å². The number of piperazine rings is 1. The van der Waals surface area contributed by atoms with Crippen LogP contribution in [-0.4, -0.2) is 31.1 Å². The van der Waals surface area contributed by atoms with Gasteiger partial charge in [0, 0.05) is 37.8 Å². The summed E-state index contributed by atoms with van der Waals surface area (Å²) in [5, 5.41) is 3.39. The minimum absolute atomic E-state index is 0. The van der Waals surface area contributed by atoms with Gasteiger partial charge in [-0.1, -0.05) is 25.0 Å². The third kappa shape index (κ3) is 4.35. The van der Waals surface area contributed by atoms with E-state index in [9.17, 15) is 4.39 Å². The average Bonchev–Trinajstić information content (AvgIpc) is 2.99. The van der Waals surface area contributed by atoms with Crippen molar-refractivity contribution < 1.29 is 4.39 Å². The van der Waals surface area contributed by atoms with Gasteiger partial charge in [0.05, 0.1) is 4.47 Å². The lowest BCUT2D eigenvalue weighted by atomic mass is 9.89. The van der Waals surface area contributed by atoms with Gasteiger partial charge in [-0.15, -0.1) is 24.8 Å². The Bertz CT molecular complexity index is 463. The van der Waals surface area contributed by atoms with Gasteiger partial charge in [-0.05, 0) is 40.8 Å². The summed E-state index contributed by atoms with van der Waals surface area (Å²) in [5.74, 6) is 0.542. The number of benzene rings is 1. The molecule has 0 radical (unpaired) electrons. The van der Waals surface area contributed by atoms with Crippen molar-refractivity contribution in [3.63, 3.8) is 0 Å². The van der Waals surface area contributed by atoms with Gasteiger partial charge in [0.2, 0.25) is 0 Å². The minimum Gasteiger partial charge on any atom is -0.314 e. The molecule has 1 aromatic rings. The first kappa shape index (κ1) is 20.2. The second-order valence-corrected chi connectivity index (χ2v) is 6.77. The van der Waals surface area contributed by atoms with Gasteiger partial charge in [-0.3, -0.25) is 4.90 Å². The van der Waals surface area contributed by atoms with Crippen LogP contribution in [0.1, 0.15) is 37.3 Å². The lowest BCUT2D eigenvalue weighted by Gasteiger charge is -2.38. The molecular weight excluding hydrogens is 390 g/mol. The molecule has 1 atom stereocenters. The Morgan fingerprint density at radius 1 is 1.14 bits per heavy atom. The van der Waals surface area contributed by atoms with Crippen LogP contribution in [0.2, 0.25) is 0 Å². The molecule has 1 heterocycles. The molecule has 1 saturated carbocycles. The smallest absolute Gasteiger partial charge is 0.142 e. The predicted octanol–water partition coefficient (Wildman–Crippen LogP) is 4.57. The Morgan fingerprint density at radius 3 is 2.41 bits per heavy atom. The molecule has 0 amide bonds. The molecular formula is C16H24BrCl2FN2. The predicted molar refractivity (Wildman–Crippen MR) is 97.7 cm³/mol. The summed E-state index contributed by atoms with van der Waals surface area (Å²) in [6, 6.07) is 5.98. The Balaban J connectivity index is 0.00000121. The Morgan fingerprint density at radius 2 is 1.77 bits per heavy atom. The maximum absolute atomic E-state index is 14.6. The quantitative estimate of drug-likeness (QED) is 0.780. The molecule has 0 aromatic heterocycles. The third-order valence-corrected chi connectivity index (χ3v) is 5.30. The van der Waals surface area contributed by atoms with Crippen molar-refractivity contribution in [3.8, 4) is 0 Å². The molecule has 2 fully saturated rings. The monoisotopic (exact) mass is 412 g/mol. The molecule has 1 aromatic carbocycles. The van der Waals surface area contributed by atoms with Crippen LogP contribution in [0.5, 0.6) is 0 Å². The number of hydrogen-bond donors (Lipinski definition) is 1. The first-order chi connectivity index (χ1) is 9.77. The highest BCUT2D eigenvalue weighted by Crippen LogP contribution is 2.41. The fraction of sp³-hybridized carbons (Fsp3) is 0.625. The molecule has 0 spiro atoms. The van der Waals surface area contributed by atoms with Crippen molar-refractivity contribution in [3.05, 3.63) is 34.1 Å². The summed E-state index contributed by atoms with van der Waals surface area (Å²) in [6.45, 7) is 4.07. The maximum Gasteiger partial charge on any atom is 0.142 e. The topological polar surface area (TPSA) is 15.3 Å². The fourth-order valence-corrected chi connectivity index (χ4v) is 4.11. The second kappa shape index (κ2) is 9.43. The van der Waals surface area contributed by atoms with Crippen LogP contribution < -0.4 is 5.32 Å². The number of halogens is 4. The molecule has 2 nitrogen and oxygen atoms in total. The van der Waals surface area contributed by atoms with Crippen LogP contribution in [0.3, 0.4) is 0 Å². The molecule has 2 aliphatic rings. The first-order valence-electron chi connectivity index (χ1n) is 7.66. The lowest BCUT2D eigenvalue weighted by molar-refractivity contribution is 0.122. The molecule has 0 unspecified atom stereocenters. The Labute approximate surface area is 153 Å². The van der Waals surface area contributed by atoms with Crippen LogP contribution in [0.25, 0.3) is 0 Å². The minimum atomic E-state index is -0.0667. The zero-order chi connectivity index (χ0) is 13.9. The Kier molecular flexibility index (Phi) is 8.65. The highest BCUT2D eigenvalue weighted by molar-refractivity contribution is 9.10. The second-order valence-electron chi connectivity index (χ2n) is 5.92. The molecule has 3 rings (SSSR count). The standard InChI is InChI=1S/C16H22BrFN2.2ClH/c17-14-7-3-6-13(15(14)18)16(12-4-1-2-5-12)20-10-8-19-9-11-20;;/h3,6-7,12,16,19H,1-2,4-5,8-11H2;2*1H/t16-;;/m1../s1. The van der Waals surface area contributed by atoms with Crippen molar-refractivity contribution in [1.29, 1.82) is 0 Å². The SMILES string of the molecule is Cl.Cl.Fc1c(Br)cccc1[C@@H](C1CCCC1)N1CCNCC1. The van der Waals surface area contributed by atoms with E-state index in [1.165, 1.54) is 25.7 Å². The summed E-state index contributed by atoms with van der Waals surface area (Å²) in [4.78, 5) is 2.48. The van der Waals surface area contributed by atoms with Crippen LogP contribution in [0.4, 0.5) is 4.39 Å². The van der Waals surface area contributed by atoms with E-state index < -0.39 is 0 Å². The van der Waals surface area contributed by atoms with Crippen LogP contribution in [0, 0.1) is 11.7 Å². The number of nitrogens with one attached hydrogen (secondary N) is 1. The molecule has 1 aliphatic carbocycles. The van der Waals surface area contributed by atoms with E-state index in [1.54, 1.807) is 6.07 Å². The van der Waals surface area contributed by atoms with E-state index in [1.807, 2.05) is 12.1 Å². The van der Waals surface area contributed by atoms with Gasteiger partial charge in [0.1, 0.15) is 5.82 Å². The first-order valence-corrected chi connectivity index (χ1v) is 8.45. The molecule has 126 valence electrons. The summed E-state index contributed by atoms with van der Waals surface area (Å²) in [7, 11) is 0. The molecule has 6 heteroatoms. The normalized spacial score (nSPS) is 21.0. The van der Waals surface area contributed by atoms with Crippen molar-refractivity contribution in [1.82, 2.24) is 10.2 Å². The highest BCUT2D eigenvalue weighted by Gasteiger charge is 2.33. The van der Waals surface area contributed by atoms with E-state index in [-0.39, 0.29) is 36.7 Å². The van der Waals surface area contributed by atoms with Crippen molar-refractivity contribution in [2.75, 3.05) is 26.2 Å². The van der Waals surface area contributed by atoms with Crippen LogP contribution in [-0.2, 0) is 0 Å². The summed E-state index contributed by atoms with van der Waals surface area (Å²) < 4.78 is 15.2. The third-order valence-electron chi connectivity index (χ3n) is 4.69. The van der Waals surface area contributed by atoms with Crippen molar-refractivity contribution in [2.45, 2.75) is 31.7 Å². The fourth-order valence-electron chi connectivity index (χ4n) is 3.73. The lowest BCUT2D eigenvalue weighted by Crippen LogP contribution is -2.46. The average molecular weight is 414 g/mol. The van der Waals surface area contributed by atoms with Gasteiger partial charge >= 0.3 is 0 Å². The van der Waals surface area contributed by atoms with Gasteiger partial charge in [0.15, 0.2) is 0 Å². The molecule has 1 N–H and O–H groups in total. The van der Waals surface area contributed by atoms with Gasteiger partial charge < -0.3 is 5.32 Å². The summed E-state index contributed by atoms with van der Waals surface area (Å²) >= 11 is 3.34. The molecule has 22 heavy (non-hydrogen) atoms. The largest absolute Gasteiger partial charge is 0.314 e. The van der Waals surface area contributed by atoms with Gasteiger partial charge in [0.25, 0.3) is 0 Å². The summed E-state index contributed by atoms with van der Waals surface area (Å²) in [6.07, 6.45) is 5.06. The number of rotatable bonds is 3. The summed E-state index contributed by atoms with van der Waals surface area (Å²) in [5.41, 5.74) is 0.883. The van der Waals surface area contributed by atoms with Crippen LogP contribution >= 0.6 is 40.7 Å². The molecule has 1 saturated heterocycles. The van der Waals surface area contributed by atoms with E-state index in [0.717, 1.165) is 31.7 Å². The van der Waals surface area contributed by atoms with Crippen LogP contribution in [0.15, 0.2) is 22.7 Å². The Hall–Kier alpha value is 0.130. The molecule has 0 bridgehead atoms. The zero-order valence-electron chi connectivity index (χ0n) is 12.6. The van der Waals surface area contributed by atoms with Crippen molar-refractivity contribution in [2.24, 2.45) is 5.92 Å². The van der Waals surface area contributed by atoms with E-state index >= 15 is 0 Å². The van der Waals surface area contributed by atoms with E-state index in [0.29, 0.717) is 10.4 Å². The number of nitrogens with zero attached hydrogens (tertiary/aromatic N) is 1. The number of hydrogen-bond acceptors (Lipinski definition) is 2. The zero-order valence-corrected chi connectivity index (χ0v) is 15.8. The van der Waals surface area contributed by atoms with Crippen molar-refractivity contribution >= 4 is 40.7 Å². The van der Waals surface area contributed by atoms with Gasteiger partial charge in [-0.2, -0.15) is 0 Å². The highest BCUT2D eigenvalue weighted by atomic mass is 79.9. The molecule has 1 aliphatic heterocycles. The van der Waals surface area contributed by atoms with E-state index in [4.69, 9.17) is 0 Å².